The number of amides is 1. The van der Waals surface area contributed by atoms with Gasteiger partial charge in [0.2, 0.25) is 5.91 Å². The summed E-state index contributed by atoms with van der Waals surface area (Å²) in [6.45, 7) is 2.97. The molecule has 29 heavy (non-hydrogen) atoms. The standard InChI is InChI=1S/C23H29FN4O/c1-25-23(26-13-11-19-7-9-21(24)10-8-19)27-16-20-15-22(29)28(17-20)14-12-18-5-3-2-4-6-18/h2-10,20H,11-17H2,1H3,(H2,25,26,27). The van der Waals surface area contributed by atoms with E-state index in [9.17, 15) is 9.18 Å². The van der Waals surface area contributed by atoms with Crippen molar-refractivity contribution in [3.63, 3.8) is 0 Å². The van der Waals surface area contributed by atoms with Gasteiger partial charge in [0.1, 0.15) is 5.82 Å². The number of likely N-dealkylation sites (tertiary alicyclic amines) is 1. The number of rotatable bonds is 8. The molecule has 0 spiro atoms. The molecular weight excluding hydrogens is 367 g/mol. The second-order valence-corrected chi connectivity index (χ2v) is 7.40. The zero-order valence-corrected chi connectivity index (χ0v) is 16.9. The van der Waals surface area contributed by atoms with Crippen LogP contribution < -0.4 is 10.6 Å². The van der Waals surface area contributed by atoms with Crippen LogP contribution in [0.15, 0.2) is 59.6 Å². The molecule has 1 atom stereocenters. The maximum Gasteiger partial charge on any atom is 0.223 e. The highest BCUT2D eigenvalue weighted by Gasteiger charge is 2.29. The van der Waals surface area contributed by atoms with Gasteiger partial charge in [0.25, 0.3) is 0 Å². The lowest BCUT2D eigenvalue weighted by molar-refractivity contribution is -0.127. The quantitative estimate of drug-likeness (QED) is 0.533. The summed E-state index contributed by atoms with van der Waals surface area (Å²) in [7, 11) is 1.74. The van der Waals surface area contributed by atoms with Gasteiger partial charge in [-0.2, -0.15) is 0 Å². The molecule has 1 fully saturated rings. The van der Waals surface area contributed by atoms with Crippen LogP contribution in [0, 0.1) is 11.7 Å². The van der Waals surface area contributed by atoms with Crippen molar-refractivity contribution in [2.75, 3.05) is 33.2 Å². The third-order valence-corrected chi connectivity index (χ3v) is 5.21. The smallest absolute Gasteiger partial charge is 0.223 e. The maximum absolute atomic E-state index is 13.0. The van der Waals surface area contributed by atoms with Gasteiger partial charge in [-0.05, 0) is 36.1 Å². The normalized spacial score (nSPS) is 16.9. The lowest BCUT2D eigenvalue weighted by Crippen LogP contribution is -2.41. The topological polar surface area (TPSA) is 56.7 Å². The molecule has 0 radical (unpaired) electrons. The van der Waals surface area contributed by atoms with Gasteiger partial charge in [0.15, 0.2) is 5.96 Å². The lowest BCUT2D eigenvalue weighted by Gasteiger charge is -2.18. The Kier molecular flexibility index (Phi) is 7.61. The van der Waals surface area contributed by atoms with Crippen molar-refractivity contribution in [2.45, 2.75) is 19.3 Å². The molecule has 1 saturated heterocycles. The average molecular weight is 397 g/mol. The Balaban J connectivity index is 1.37. The molecule has 0 aromatic heterocycles. The number of carbonyl (C=O) groups excluding carboxylic acids is 1. The van der Waals surface area contributed by atoms with Crippen molar-refractivity contribution >= 4 is 11.9 Å². The predicted molar refractivity (Wildman–Crippen MR) is 114 cm³/mol. The first-order valence-electron chi connectivity index (χ1n) is 10.1. The van der Waals surface area contributed by atoms with Crippen molar-refractivity contribution in [1.29, 1.82) is 0 Å². The van der Waals surface area contributed by atoms with Gasteiger partial charge in [-0.15, -0.1) is 0 Å². The fourth-order valence-electron chi connectivity index (χ4n) is 3.55. The average Bonchev–Trinajstić information content (AvgIpc) is 3.10. The third-order valence-electron chi connectivity index (χ3n) is 5.21. The van der Waals surface area contributed by atoms with E-state index in [1.807, 2.05) is 23.1 Å². The first kappa shape index (κ1) is 20.8. The van der Waals surface area contributed by atoms with Gasteiger partial charge in [-0.3, -0.25) is 9.79 Å². The fraction of sp³-hybridized carbons (Fsp3) is 0.391. The van der Waals surface area contributed by atoms with E-state index < -0.39 is 0 Å². The molecule has 1 heterocycles. The van der Waals surface area contributed by atoms with Crippen LogP contribution in [0.2, 0.25) is 0 Å². The number of halogens is 1. The second kappa shape index (κ2) is 10.6. The van der Waals surface area contributed by atoms with Crippen LogP contribution >= 0.6 is 0 Å². The van der Waals surface area contributed by atoms with Crippen molar-refractivity contribution in [2.24, 2.45) is 10.9 Å². The molecule has 1 aliphatic rings. The molecular formula is C23H29FN4O. The van der Waals surface area contributed by atoms with Crippen molar-refractivity contribution in [3.8, 4) is 0 Å². The summed E-state index contributed by atoms with van der Waals surface area (Å²) in [5.41, 5.74) is 2.33. The summed E-state index contributed by atoms with van der Waals surface area (Å²) in [6.07, 6.45) is 2.25. The number of nitrogens with zero attached hydrogens (tertiary/aromatic N) is 2. The van der Waals surface area contributed by atoms with E-state index in [1.54, 1.807) is 19.2 Å². The van der Waals surface area contributed by atoms with Crippen LogP contribution in [0.1, 0.15) is 17.5 Å². The summed E-state index contributed by atoms with van der Waals surface area (Å²) in [5, 5.41) is 6.59. The van der Waals surface area contributed by atoms with Gasteiger partial charge in [0, 0.05) is 45.6 Å². The molecule has 0 saturated carbocycles. The van der Waals surface area contributed by atoms with E-state index in [4.69, 9.17) is 0 Å². The molecule has 2 N–H and O–H groups in total. The number of nitrogens with one attached hydrogen (secondary N) is 2. The Labute approximate surface area is 172 Å². The number of hydrogen-bond donors (Lipinski definition) is 2. The van der Waals surface area contributed by atoms with Crippen molar-refractivity contribution < 1.29 is 9.18 Å². The van der Waals surface area contributed by atoms with Crippen molar-refractivity contribution in [3.05, 3.63) is 71.5 Å². The van der Waals surface area contributed by atoms with Gasteiger partial charge in [-0.25, -0.2) is 4.39 Å². The number of hydrogen-bond acceptors (Lipinski definition) is 2. The van der Waals surface area contributed by atoms with Gasteiger partial charge in [-0.1, -0.05) is 42.5 Å². The SMILES string of the molecule is CN=C(NCCc1ccc(F)cc1)NCC1CC(=O)N(CCc2ccccc2)C1. The molecule has 0 aliphatic carbocycles. The van der Waals surface area contributed by atoms with Crippen LogP contribution in [0.5, 0.6) is 0 Å². The Morgan fingerprint density at radius 3 is 2.52 bits per heavy atom. The zero-order valence-electron chi connectivity index (χ0n) is 16.9. The minimum absolute atomic E-state index is 0.219. The Morgan fingerprint density at radius 2 is 1.79 bits per heavy atom. The van der Waals surface area contributed by atoms with Crippen LogP contribution in [0.25, 0.3) is 0 Å². The monoisotopic (exact) mass is 396 g/mol. The van der Waals surface area contributed by atoms with Crippen LogP contribution in [0.4, 0.5) is 4.39 Å². The molecule has 0 bridgehead atoms. The van der Waals surface area contributed by atoms with Crippen LogP contribution in [-0.4, -0.2) is 50.0 Å². The Hall–Kier alpha value is -2.89. The second-order valence-electron chi connectivity index (χ2n) is 7.40. The third kappa shape index (κ3) is 6.59. The maximum atomic E-state index is 13.0. The number of guanidine groups is 1. The lowest BCUT2D eigenvalue weighted by atomic mass is 10.1. The molecule has 2 aromatic rings. The minimum atomic E-state index is -0.219. The predicted octanol–water partition coefficient (Wildman–Crippen LogP) is 2.62. The van der Waals surface area contributed by atoms with Gasteiger partial charge >= 0.3 is 0 Å². The summed E-state index contributed by atoms with van der Waals surface area (Å²) >= 11 is 0. The molecule has 6 heteroatoms. The van der Waals surface area contributed by atoms with Crippen LogP contribution in [-0.2, 0) is 17.6 Å². The molecule has 1 aliphatic heterocycles. The van der Waals surface area contributed by atoms with E-state index in [0.29, 0.717) is 19.5 Å². The Morgan fingerprint density at radius 1 is 1.07 bits per heavy atom. The molecule has 1 amide bonds. The summed E-state index contributed by atoms with van der Waals surface area (Å²) < 4.78 is 13.0. The molecule has 2 aromatic carbocycles. The molecule has 5 nitrogen and oxygen atoms in total. The summed E-state index contributed by atoms with van der Waals surface area (Å²) in [5.74, 6) is 1.02. The minimum Gasteiger partial charge on any atom is -0.356 e. The van der Waals surface area contributed by atoms with Crippen LogP contribution in [0.3, 0.4) is 0 Å². The van der Waals surface area contributed by atoms with Gasteiger partial charge in [0.05, 0.1) is 0 Å². The highest BCUT2D eigenvalue weighted by atomic mass is 19.1. The largest absolute Gasteiger partial charge is 0.356 e. The molecule has 1 unspecified atom stereocenters. The Bertz CT molecular complexity index is 807. The van der Waals surface area contributed by atoms with E-state index in [2.05, 4.69) is 27.8 Å². The van der Waals surface area contributed by atoms with Crippen molar-refractivity contribution in [1.82, 2.24) is 15.5 Å². The number of aliphatic imine (C=N–C) groups is 1. The van der Waals surface area contributed by atoms with E-state index in [-0.39, 0.29) is 17.6 Å². The van der Waals surface area contributed by atoms with Gasteiger partial charge < -0.3 is 15.5 Å². The highest BCUT2D eigenvalue weighted by Crippen LogP contribution is 2.17. The summed E-state index contributed by atoms with van der Waals surface area (Å²) in [4.78, 5) is 18.5. The number of benzene rings is 2. The highest BCUT2D eigenvalue weighted by molar-refractivity contribution is 5.80. The molecule has 154 valence electrons. The van der Waals surface area contributed by atoms with E-state index in [0.717, 1.165) is 37.5 Å². The number of carbonyl (C=O) groups is 1. The zero-order chi connectivity index (χ0) is 20.5. The van der Waals surface area contributed by atoms with E-state index in [1.165, 1.54) is 17.7 Å². The van der Waals surface area contributed by atoms with E-state index >= 15 is 0 Å². The first-order valence-corrected chi connectivity index (χ1v) is 10.1. The summed E-state index contributed by atoms with van der Waals surface area (Å²) in [6, 6.07) is 16.8. The molecule has 3 rings (SSSR count). The fourth-order valence-corrected chi connectivity index (χ4v) is 3.55. The first-order chi connectivity index (χ1) is 14.1.